The second-order valence-corrected chi connectivity index (χ2v) is 3.66. The average molecular weight is 255 g/mol. The Kier molecular flexibility index (Phi) is 5.00. The van der Waals surface area contributed by atoms with Gasteiger partial charge in [-0.05, 0) is 13.0 Å². The van der Waals surface area contributed by atoms with Crippen LogP contribution in [-0.2, 0) is 13.1 Å². The largest absolute Gasteiger partial charge is 0.508 e. The molecule has 0 radical (unpaired) electrons. The highest BCUT2D eigenvalue weighted by molar-refractivity contribution is 5.85. The lowest BCUT2D eigenvalue weighted by Gasteiger charge is -2.04. The van der Waals surface area contributed by atoms with E-state index < -0.39 is 0 Å². The fraction of sp³-hybridized carbons (Fsp3) is 0.250. The lowest BCUT2D eigenvalue weighted by Crippen LogP contribution is -2.12. The number of halogens is 1. The van der Waals surface area contributed by atoms with Gasteiger partial charge in [-0.15, -0.1) is 12.4 Å². The summed E-state index contributed by atoms with van der Waals surface area (Å²) in [6.07, 6.45) is 0. The van der Waals surface area contributed by atoms with Crippen molar-refractivity contribution in [3.63, 3.8) is 0 Å². The van der Waals surface area contributed by atoms with Crippen molar-refractivity contribution in [2.24, 2.45) is 0 Å². The molecule has 2 rings (SSSR count). The Morgan fingerprint density at radius 3 is 2.71 bits per heavy atom. The lowest BCUT2D eigenvalue weighted by molar-refractivity contribution is 0.388. The van der Waals surface area contributed by atoms with Crippen molar-refractivity contribution in [2.75, 3.05) is 0 Å². The van der Waals surface area contributed by atoms with E-state index in [-0.39, 0.29) is 12.4 Å². The molecule has 0 aliphatic carbocycles. The van der Waals surface area contributed by atoms with E-state index in [1.165, 1.54) is 0 Å². The summed E-state index contributed by atoms with van der Waals surface area (Å²) in [6, 6.07) is 9.16. The van der Waals surface area contributed by atoms with E-state index in [4.69, 9.17) is 4.52 Å². The topological polar surface area (TPSA) is 58.3 Å². The first-order valence-electron chi connectivity index (χ1n) is 5.15. The summed E-state index contributed by atoms with van der Waals surface area (Å²) >= 11 is 0. The summed E-state index contributed by atoms with van der Waals surface area (Å²) in [5.41, 5.74) is 1.75. The van der Waals surface area contributed by atoms with Crippen molar-refractivity contribution in [1.82, 2.24) is 10.5 Å². The van der Waals surface area contributed by atoms with Gasteiger partial charge in [-0.1, -0.05) is 23.4 Å². The number of hydrogen-bond donors (Lipinski definition) is 2. The second-order valence-electron chi connectivity index (χ2n) is 3.66. The highest BCUT2D eigenvalue weighted by Crippen LogP contribution is 2.14. The zero-order valence-electron chi connectivity index (χ0n) is 9.51. The summed E-state index contributed by atoms with van der Waals surface area (Å²) in [6.45, 7) is 3.10. The number of hydrogen-bond acceptors (Lipinski definition) is 4. The van der Waals surface area contributed by atoms with Gasteiger partial charge in [-0.2, -0.15) is 0 Å². The first kappa shape index (κ1) is 13.5. The van der Waals surface area contributed by atoms with E-state index >= 15 is 0 Å². The smallest absolute Gasteiger partial charge is 0.133 e. The van der Waals surface area contributed by atoms with Gasteiger partial charge in [0.25, 0.3) is 0 Å². The third-order valence-corrected chi connectivity index (χ3v) is 2.29. The number of aromatic nitrogens is 1. The molecule has 2 N–H and O–H groups in total. The van der Waals surface area contributed by atoms with Crippen molar-refractivity contribution in [3.8, 4) is 5.75 Å². The van der Waals surface area contributed by atoms with Crippen molar-refractivity contribution < 1.29 is 9.63 Å². The van der Waals surface area contributed by atoms with Gasteiger partial charge in [-0.25, -0.2) is 0 Å². The van der Waals surface area contributed by atoms with Crippen LogP contribution in [0.5, 0.6) is 5.75 Å². The van der Waals surface area contributed by atoms with E-state index in [1.807, 2.05) is 25.1 Å². The van der Waals surface area contributed by atoms with Gasteiger partial charge in [0.2, 0.25) is 0 Å². The van der Waals surface area contributed by atoms with Crippen LogP contribution in [0.4, 0.5) is 0 Å². The van der Waals surface area contributed by atoms with Crippen LogP contribution in [0.15, 0.2) is 34.9 Å². The number of phenolic OH excluding ortho intramolecular Hbond substituents is 1. The van der Waals surface area contributed by atoms with Crippen LogP contribution in [0.3, 0.4) is 0 Å². The van der Waals surface area contributed by atoms with Gasteiger partial charge in [0.05, 0.1) is 5.69 Å². The van der Waals surface area contributed by atoms with Gasteiger partial charge in [0.15, 0.2) is 0 Å². The van der Waals surface area contributed by atoms with Gasteiger partial charge in [0, 0.05) is 24.7 Å². The van der Waals surface area contributed by atoms with E-state index in [2.05, 4.69) is 10.5 Å². The van der Waals surface area contributed by atoms with Crippen LogP contribution >= 0.6 is 12.4 Å². The fourth-order valence-corrected chi connectivity index (χ4v) is 1.49. The van der Waals surface area contributed by atoms with Crippen molar-refractivity contribution in [1.29, 1.82) is 0 Å². The van der Waals surface area contributed by atoms with Crippen molar-refractivity contribution >= 4 is 12.4 Å². The first-order chi connectivity index (χ1) is 7.75. The minimum atomic E-state index is 0. The molecular weight excluding hydrogens is 240 g/mol. The van der Waals surface area contributed by atoms with Crippen LogP contribution in [-0.4, -0.2) is 10.3 Å². The van der Waals surface area contributed by atoms with E-state index in [1.54, 1.807) is 12.1 Å². The molecular formula is C12H15ClN2O2. The minimum absolute atomic E-state index is 0. The molecule has 0 atom stereocenters. The lowest BCUT2D eigenvalue weighted by atomic mass is 10.2. The first-order valence-corrected chi connectivity index (χ1v) is 5.15. The molecule has 1 aromatic carbocycles. The Labute approximate surface area is 106 Å². The third kappa shape index (κ3) is 3.76. The number of rotatable bonds is 4. The highest BCUT2D eigenvalue weighted by atomic mass is 35.5. The number of aryl methyl sites for hydroxylation is 1. The van der Waals surface area contributed by atoms with Crippen LogP contribution < -0.4 is 5.32 Å². The molecule has 0 saturated heterocycles. The fourth-order valence-electron chi connectivity index (χ4n) is 1.49. The van der Waals surface area contributed by atoms with Gasteiger partial charge in [-0.3, -0.25) is 0 Å². The van der Waals surface area contributed by atoms with Crippen LogP contribution in [0.25, 0.3) is 0 Å². The number of para-hydroxylation sites is 1. The normalized spacial score (nSPS) is 9.94. The zero-order valence-corrected chi connectivity index (χ0v) is 10.3. The molecule has 92 valence electrons. The molecule has 0 aliphatic rings. The van der Waals surface area contributed by atoms with E-state index in [0.29, 0.717) is 18.8 Å². The van der Waals surface area contributed by atoms with Crippen LogP contribution in [0.1, 0.15) is 17.0 Å². The van der Waals surface area contributed by atoms with E-state index in [0.717, 1.165) is 17.0 Å². The number of aromatic hydroxyl groups is 1. The Morgan fingerprint density at radius 2 is 2.06 bits per heavy atom. The van der Waals surface area contributed by atoms with Crippen molar-refractivity contribution in [3.05, 3.63) is 47.3 Å². The minimum Gasteiger partial charge on any atom is -0.508 e. The summed E-state index contributed by atoms with van der Waals surface area (Å²) in [7, 11) is 0. The zero-order chi connectivity index (χ0) is 11.4. The molecule has 1 heterocycles. The Morgan fingerprint density at radius 1 is 1.29 bits per heavy atom. The molecule has 0 unspecified atom stereocenters. The SMILES string of the molecule is Cc1cc(CNCc2ccccc2O)no1.Cl. The van der Waals surface area contributed by atoms with E-state index in [9.17, 15) is 5.11 Å². The molecule has 0 fully saturated rings. The molecule has 1 aromatic heterocycles. The monoisotopic (exact) mass is 254 g/mol. The predicted octanol–water partition coefficient (Wildman–Crippen LogP) is 2.40. The Balaban J connectivity index is 0.00000144. The molecule has 0 spiro atoms. The summed E-state index contributed by atoms with van der Waals surface area (Å²) in [5.74, 6) is 1.12. The maximum atomic E-state index is 9.54. The maximum absolute atomic E-state index is 9.54. The predicted molar refractivity (Wildman–Crippen MR) is 67.1 cm³/mol. The van der Waals surface area contributed by atoms with Gasteiger partial charge >= 0.3 is 0 Å². The molecule has 0 bridgehead atoms. The summed E-state index contributed by atoms with van der Waals surface area (Å²) < 4.78 is 4.95. The quantitative estimate of drug-likeness (QED) is 0.880. The molecule has 17 heavy (non-hydrogen) atoms. The van der Waals surface area contributed by atoms with Crippen molar-refractivity contribution in [2.45, 2.75) is 20.0 Å². The van der Waals surface area contributed by atoms with Gasteiger partial charge in [0.1, 0.15) is 11.5 Å². The number of nitrogens with zero attached hydrogens (tertiary/aromatic N) is 1. The standard InChI is InChI=1S/C12H14N2O2.ClH/c1-9-6-11(14-16-9)8-13-7-10-4-2-3-5-12(10)15;/h2-6,13,15H,7-8H2,1H3;1H. The summed E-state index contributed by atoms with van der Waals surface area (Å²) in [4.78, 5) is 0. The number of benzene rings is 1. The van der Waals surface area contributed by atoms with Crippen LogP contribution in [0, 0.1) is 6.92 Å². The number of phenols is 1. The third-order valence-electron chi connectivity index (χ3n) is 2.29. The maximum Gasteiger partial charge on any atom is 0.133 e. The molecule has 0 amide bonds. The molecule has 5 heteroatoms. The molecule has 4 nitrogen and oxygen atoms in total. The molecule has 2 aromatic rings. The average Bonchev–Trinajstić information content (AvgIpc) is 2.67. The molecule has 0 aliphatic heterocycles. The molecule has 0 saturated carbocycles. The Hall–Kier alpha value is -1.52. The summed E-state index contributed by atoms with van der Waals surface area (Å²) in [5, 5.41) is 16.6. The van der Waals surface area contributed by atoms with Gasteiger partial charge < -0.3 is 14.9 Å². The number of nitrogens with one attached hydrogen (secondary N) is 1. The Bertz CT molecular complexity index is 471. The highest BCUT2D eigenvalue weighted by Gasteiger charge is 2.01. The van der Waals surface area contributed by atoms with Crippen LogP contribution in [0.2, 0.25) is 0 Å². The second kappa shape index (κ2) is 6.27.